The van der Waals surface area contributed by atoms with Crippen molar-refractivity contribution in [2.24, 2.45) is 0 Å². The standard InChI is InChI=1S/C21H25NO2/c1-3-20(18-9-8-15-6-4-5-7-17(15)14-18)22-21(23)16-10-12-19(24-2)13-11-16/h8-14,20H,3-7H2,1-2H3,(H,22,23)/t20-/m1/s1. The molecule has 0 radical (unpaired) electrons. The van der Waals surface area contributed by atoms with Gasteiger partial charge in [-0.15, -0.1) is 0 Å². The highest BCUT2D eigenvalue weighted by Gasteiger charge is 2.17. The third-order valence-corrected chi connectivity index (χ3v) is 4.84. The van der Waals surface area contributed by atoms with Gasteiger partial charge in [-0.25, -0.2) is 0 Å². The molecule has 3 nitrogen and oxygen atoms in total. The van der Waals surface area contributed by atoms with E-state index in [1.165, 1.54) is 36.0 Å². The molecule has 0 bridgehead atoms. The summed E-state index contributed by atoms with van der Waals surface area (Å²) in [6.07, 6.45) is 5.78. The molecule has 0 unspecified atom stereocenters. The molecule has 0 spiro atoms. The first-order valence-electron chi connectivity index (χ1n) is 8.78. The number of nitrogens with one attached hydrogen (secondary N) is 1. The number of carbonyl (C=O) groups is 1. The van der Waals surface area contributed by atoms with Crippen LogP contribution in [0.15, 0.2) is 42.5 Å². The number of fused-ring (bicyclic) bond motifs is 1. The van der Waals surface area contributed by atoms with Gasteiger partial charge in [0.05, 0.1) is 13.2 Å². The molecule has 1 aliphatic carbocycles. The lowest BCUT2D eigenvalue weighted by atomic mass is 9.88. The molecule has 1 amide bonds. The van der Waals surface area contributed by atoms with Crippen LogP contribution in [-0.2, 0) is 12.8 Å². The molecule has 0 fully saturated rings. The van der Waals surface area contributed by atoms with Crippen LogP contribution in [-0.4, -0.2) is 13.0 Å². The zero-order valence-electron chi connectivity index (χ0n) is 14.5. The van der Waals surface area contributed by atoms with Gasteiger partial charge < -0.3 is 10.1 Å². The number of carbonyl (C=O) groups excluding carboxylic acids is 1. The number of amides is 1. The van der Waals surface area contributed by atoms with E-state index in [4.69, 9.17) is 4.74 Å². The van der Waals surface area contributed by atoms with Crippen molar-refractivity contribution >= 4 is 5.91 Å². The molecular weight excluding hydrogens is 298 g/mol. The highest BCUT2D eigenvalue weighted by atomic mass is 16.5. The second kappa shape index (κ2) is 7.52. The van der Waals surface area contributed by atoms with E-state index in [2.05, 4.69) is 30.4 Å². The fourth-order valence-electron chi connectivity index (χ4n) is 3.38. The summed E-state index contributed by atoms with van der Waals surface area (Å²) in [4.78, 5) is 12.5. The van der Waals surface area contributed by atoms with Crippen molar-refractivity contribution in [2.45, 2.75) is 45.1 Å². The summed E-state index contributed by atoms with van der Waals surface area (Å²) in [7, 11) is 1.62. The Balaban J connectivity index is 1.75. The molecule has 3 heteroatoms. The van der Waals surface area contributed by atoms with E-state index in [1.54, 1.807) is 19.2 Å². The smallest absolute Gasteiger partial charge is 0.251 e. The van der Waals surface area contributed by atoms with E-state index in [0.717, 1.165) is 18.6 Å². The molecule has 3 rings (SSSR count). The molecule has 0 aliphatic heterocycles. The summed E-state index contributed by atoms with van der Waals surface area (Å²) in [6, 6.07) is 14.0. The summed E-state index contributed by atoms with van der Waals surface area (Å²) < 4.78 is 5.14. The summed E-state index contributed by atoms with van der Waals surface area (Å²) in [5, 5.41) is 3.16. The first kappa shape index (κ1) is 16.6. The van der Waals surface area contributed by atoms with Gasteiger partial charge in [0.15, 0.2) is 0 Å². The second-order valence-corrected chi connectivity index (χ2v) is 6.40. The summed E-state index contributed by atoms with van der Waals surface area (Å²) >= 11 is 0. The Bertz CT molecular complexity index is 706. The lowest BCUT2D eigenvalue weighted by Crippen LogP contribution is -2.28. The number of methoxy groups -OCH3 is 1. The van der Waals surface area contributed by atoms with Crippen molar-refractivity contribution in [1.29, 1.82) is 0 Å². The van der Waals surface area contributed by atoms with Crippen LogP contribution >= 0.6 is 0 Å². The Morgan fingerprint density at radius 3 is 2.46 bits per heavy atom. The van der Waals surface area contributed by atoms with Crippen LogP contribution in [0.4, 0.5) is 0 Å². The molecule has 0 saturated heterocycles. The van der Waals surface area contributed by atoms with Gasteiger partial charge in [0.25, 0.3) is 5.91 Å². The van der Waals surface area contributed by atoms with Crippen molar-refractivity contribution in [3.63, 3.8) is 0 Å². The Labute approximate surface area is 144 Å². The van der Waals surface area contributed by atoms with Crippen molar-refractivity contribution < 1.29 is 9.53 Å². The van der Waals surface area contributed by atoms with Crippen LogP contribution in [0.2, 0.25) is 0 Å². The third-order valence-electron chi connectivity index (χ3n) is 4.84. The van der Waals surface area contributed by atoms with Crippen molar-refractivity contribution in [2.75, 3.05) is 7.11 Å². The van der Waals surface area contributed by atoms with Crippen molar-refractivity contribution in [3.05, 3.63) is 64.7 Å². The minimum atomic E-state index is -0.0396. The fraction of sp³-hybridized carbons (Fsp3) is 0.381. The van der Waals surface area contributed by atoms with E-state index < -0.39 is 0 Å². The minimum Gasteiger partial charge on any atom is -0.497 e. The van der Waals surface area contributed by atoms with Crippen LogP contribution in [0.1, 0.15) is 59.3 Å². The zero-order chi connectivity index (χ0) is 16.9. The average Bonchev–Trinajstić information content (AvgIpc) is 2.65. The number of aryl methyl sites for hydroxylation is 2. The molecular formula is C21H25NO2. The lowest BCUT2D eigenvalue weighted by Gasteiger charge is -2.22. The van der Waals surface area contributed by atoms with E-state index >= 15 is 0 Å². The van der Waals surface area contributed by atoms with E-state index in [0.29, 0.717) is 5.56 Å². The maximum atomic E-state index is 12.5. The third kappa shape index (κ3) is 3.61. The molecule has 2 aromatic carbocycles. The van der Waals surface area contributed by atoms with Crippen LogP contribution in [0.5, 0.6) is 5.75 Å². The molecule has 0 saturated carbocycles. The number of hydrogen-bond acceptors (Lipinski definition) is 2. The maximum Gasteiger partial charge on any atom is 0.251 e. The summed E-state index contributed by atoms with van der Waals surface area (Å²) in [6.45, 7) is 2.11. The predicted molar refractivity (Wildman–Crippen MR) is 96.6 cm³/mol. The summed E-state index contributed by atoms with van der Waals surface area (Å²) in [5.41, 5.74) is 4.80. The lowest BCUT2D eigenvalue weighted by molar-refractivity contribution is 0.0935. The molecule has 1 N–H and O–H groups in total. The fourth-order valence-corrected chi connectivity index (χ4v) is 3.38. The molecule has 0 heterocycles. The minimum absolute atomic E-state index is 0.0396. The van der Waals surface area contributed by atoms with Gasteiger partial charge in [-0.3, -0.25) is 4.79 Å². The monoisotopic (exact) mass is 323 g/mol. The number of rotatable bonds is 5. The predicted octanol–water partition coefficient (Wildman–Crippen LogP) is 4.46. The van der Waals surface area contributed by atoms with E-state index in [9.17, 15) is 4.79 Å². The second-order valence-electron chi connectivity index (χ2n) is 6.40. The van der Waals surface area contributed by atoms with Gasteiger partial charge in [0, 0.05) is 5.56 Å². The Kier molecular flexibility index (Phi) is 5.19. The number of ether oxygens (including phenoxy) is 1. The molecule has 1 atom stereocenters. The SMILES string of the molecule is CC[C@@H](NC(=O)c1ccc(OC)cc1)c1ccc2c(c1)CCCC2. The van der Waals surface area contributed by atoms with Crippen molar-refractivity contribution in [3.8, 4) is 5.75 Å². The van der Waals surface area contributed by atoms with Gasteiger partial charge in [-0.1, -0.05) is 25.1 Å². The first-order valence-corrected chi connectivity index (χ1v) is 8.78. The Morgan fingerprint density at radius 2 is 1.79 bits per heavy atom. The average molecular weight is 323 g/mol. The largest absolute Gasteiger partial charge is 0.497 e. The van der Waals surface area contributed by atoms with Crippen LogP contribution in [0.25, 0.3) is 0 Å². The first-order chi connectivity index (χ1) is 11.7. The molecule has 126 valence electrons. The van der Waals surface area contributed by atoms with Gasteiger partial charge in [-0.05, 0) is 73.1 Å². The number of hydrogen-bond donors (Lipinski definition) is 1. The van der Waals surface area contributed by atoms with E-state index in [1.807, 2.05) is 12.1 Å². The Hall–Kier alpha value is -2.29. The zero-order valence-corrected chi connectivity index (χ0v) is 14.5. The molecule has 24 heavy (non-hydrogen) atoms. The molecule has 1 aliphatic rings. The maximum absolute atomic E-state index is 12.5. The quantitative estimate of drug-likeness (QED) is 0.882. The van der Waals surface area contributed by atoms with Crippen LogP contribution in [0, 0.1) is 0 Å². The van der Waals surface area contributed by atoms with Crippen LogP contribution in [0.3, 0.4) is 0 Å². The van der Waals surface area contributed by atoms with Crippen molar-refractivity contribution in [1.82, 2.24) is 5.32 Å². The van der Waals surface area contributed by atoms with Gasteiger partial charge in [0.1, 0.15) is 5.75 Å². The normalized spacial score (nSPS) is 14.6. The Morgan fingerprint density at radius 1 is 1.08 bits per heavy atom. The van der Waals surface area contributed by atoms with Gasteiger partial charge in [0.2, 0.25) is 0 Å². The topological polar surface area (TPSA) is 38.3 Å². The van der Waals surface area contributed by atoms with Gasteiger partial charge in [-0.2, -0.15) is 0 Å². The van der Waals surface area contributed by atoms with Gasteiger partial charge >= 0.3 is 0 Å². The molecule has 2 aromatic rings. The highest BCUT2D eigenvalue weighted by molar-refractivity contribution is 5.94. The highest BCUT2D eigenvalue weighted by Crippen LogP contribution is 2.26. The number of benzene rings is 2. The summed E-state index contributed by atoms with van der Waals surface area (Å²) in [5.74, 6) is 0.718. The van der Waals surface area contributed by atoms with Crippen LogP contribution < -0.4 is 10.1 Å². The van der Waals surface area contributed by atoms with E-state index in [-0.39, 0.29) is 11.9 Å². The molecule has 0 aromatic heterocycles.